The topological polar surface area (TPSA) is 38.9 Å². The van der Waals surface area contributed by atoms with Gasteiger partial charge < -0.3 is 5.73 Å². The molecule has 0 radical (unpaired) electrons. The Labute approximate surface area is 104 Å². The summed E-state index contributed by atoms with van der Waals surface area (Å²) in [7, 11) is 0. The predicted octanol–water partition coefficient (Wildman–Crippen LogP) is 3.99. The van der Waals surface area contributed by atoms with Crippen LogP contribution in [0.15, 0.2) is 48.7 Å². The van der Waals surface area contributed by atoms with Gasteiger partial charge in [0.05, 0.1) is 5.69 Å². The van der Waals surface area contributed by atoms with Crippen LogP contribution < -0.4 is 5.73 Å². The van der Waals surface area contributed by atoms with Crippen LogP contribution in [0.3, 0.4) is 0 Å². The lowest BCUT2D eigenvalue weighted by Crippen LogP contribution is -1.86. The van der Waals surface area contributed by atoms with Crippen LogP contribution in [0, 0.1) is 5.92 Å². The van der Waals surface area contributed by atoms with Gasteiger partial charge in [-0.2, -0.15) is 0 Å². The van der Waals surface area contributed by atoms with Crippen molar-refractivity contribution in [2.24, 2.45) is 5.92 Å². The molecule has 0 saturated heterocycles. The summed E-state index contributed by atoms with van der Waals surface area (Å²) >= 11 is 0. The number of aromatic nitrogens is 1. The van der Waals surface area contributed by atoms with Gasteiger partial charge in [0.2, 0.25) is 0 Å². The highest BCUT2D eigenvalue weighted by atomic mass is 14.7. The minimum atomic E-state index is 0.767. The van der Waals surface area contributed by atoms with Crippen LogP contribution in [0.1, 0.15) is 20.8 Å². The molecule has 2 nitrogen and oxygen atoms in total. The maximum absolute atomic E-state index is 5.67. The fraction of sp³-hybridized carbons (Fsp3) is 0.267. The minimum absolute atomic E-state index is 0.767. The zero-order valence-corrected chi connectivity index (χ0v) is 10.7. The Morgan fingerprint density at radius 2 is 1.71 bits per heavy atom. The van der Waals surface area contributed by atoms with Gasteiger partial charge in [-0.25, -0.2) is 0 Å². The van der Waals surface area contributed by atoms with Crippen molar-refractivity contribution in [1.29, 1.82) is 0 Å². The normalized spacial score (nSPS) is 9.65. The van der Waals surface area contributed by atoms with Crippen LogP contribution in [0.25, 0.3) is 11.3 Å². The van der Waals surface area contributed by atoms with Crippen LogP contribution in [0.4, 0.5) is 5.69 Å². The summed E-state index contributed by atoms with van der Waals surface area (Å²) in [5, 5.41) is 0. The monoisotopic (exact) mass is 228 g/mol. The summed E-state index contributed by atoms with van der Waals surface area (Å²) in [6, 6.07) is 13.5. The van der Waals surface area contributed by atoms with E-state index >= 15 is 0 Å². The lowest BCUT2D eigenvalue weighted by molar-refractivity contribution is 0.737. The van der Waals surface area contributed by atoms with Gasteiger partial charge >= 0.3 is 0 Å². The number of pyridine rings is 1. The summed E-state index contributed by atoms with van der Waals surface area (Å²) in [4.78, 5) is 4.23. The molecule has 0 aliphatic carbocycles. The van der Waals surface area contributed by atoms with Gasteiger partial charge in [-0.05, 0) is 30.2 Å². The molecule has 0 unspecified atom stereocenters. The SMILES string of the molecule is CC(C)C.Nc1cccc(-c2ccccn2)c1. The molecule has 1 aromatic carbocycles. The van der Waals surface area contributed by atoms with Crippen molar-refractivity contribution in [2.45, 2.75) is 20.8 Å². The maximum atomic E-state index is 5.67. The molecule has 0 saturated carbocycles. The molecular formula is C15H20N2. The summed E-state index contributed by atoms with van der Waals surface area (Å²) < 4.78 is 0. The molecule has 17 heavy (non-hydrogen) atoms. The van der Waals surface area contributed by atoms with Gasteiger partial charge in [0.25, 0.3) is 0 Å². The molecule has 0 aliphatic heterocycles. The van der Waals surface area contributed by atoms with Crippen LogP contribution in [0.5, 0.6) is 0 Å². The largest absolute Gasteiger partial charge is 0.399 e. The van der Waals surface area contributed by atoms with Crippen molar-refractivity contribution in [3.63, 3.8) is 0 Å². The minimum Gasteiger partial charge on any atom is -0.399 e. The van der Waals surface area contributed by atoms with E-state index in [-0.39, 0.29) is 0 Å². The van der Waals surface area contributed by atoms with Crippen molar-refractivity contribution in [2.75, 3.05) is 5.73 Å². The van der Waals surface area contributed by atoms with E-state index in [1.165, 1.54) is 0 Å². The first-order valence-electron chi connectivity index (χ1n) is 5.86. The highest BCUT2D eigenvalue weighted by Crippen LogP contribution is 2.18. The van der Waals surface area contributed by atoms with E-state index in [1.54, 1.807) is 6.20 Å². The fourth-order valence-electron chi connectivity index (χ4n) is 1.23. The zero-order valence-electron chi connectivity index (χ0n) is 10.7. The molecule has 2 aromatic rings. The molecule has 0 bridgehead atoms. The van der Waals surface area contributed by atoms with Crippen molar-refractivity contribution < 1.29 is 0 Å². The maximum Gasteiger partial charge on any atom is 0.0702 e. The standard InChI is InChI=1S/C11H10N2.C4H10/c12-10-5-3-4-9(8-10)11-6-1-2-7-13-11;1-4(2)3/h1-8H,12H2;4H,1-3H3. The lowest BCUT2D eigenvalue weighted by Gasteiger charge is -2.00. The van der Waals surface area contributed by atoms with Crippen LogP contribution in [-0.4, -0.2) is 4.98 Å². The van der Waals surface area contributed by atoms with Gasteiger partial charge in [-0.1, -0.05) is 39.0 Å². The van der Waals surface area contributed by atoms with E-state index < -0.39 is 0 Å². The Morgan fingerprint density at radius 1 is 1.00 bits per heavy atom. The van der Waals surface area contributed by atoms with E-state index in [9.17, 15) is 0 Å². The third-order valence-corrected chi connectivity index (χ3v) is 1.85. The van der Waals surface area contributed by atoms with Gasteiger partial charge in [-0.3, -0.25) is 4.98 Å². The average Bonchev–Trinajstić information content (AvgIpc) is 2.29. The third kappa shape index (κ3) is 5.16. The van der Waals surface area contributed by atoms with Crippen LogP contribution in [0.2, 0.25) is 0 Å². The number of benzene rings is 1. The van der Waals surface area contributed by atoms with Crippen molar-refractivity contribution in [1.82, 2.24) is 4.98 Å². The summed E-state index contributed by atoms with van der Waals surface area (Å²) in [5.74, 6) is 0.833. The molecular weight excluding hydrogens is 208 g/mol. The molecule has 0 spiro atoms. The fourth-order valence-corrected chi connectivity index (χ4v) is 1.23. The van der Waals surface area contributed by atoms with Gasteiger partial charge in [-0.15, -0.1) is 0 Å². The van der Waals surface area contributed by atoms with Gasteiger partial charge in [0, 0.05) is 17.4 Å². The van der Waals surface area contributed by atoms with Crippen molar-refractivity contribution in [3.05, 3.63) is 48.7 Å². The second kappa shape index (κ2) is 6.69. The molecule has 0 aliphatic rings. The van der Waals surface area contributed by atoms with Crippen molar-refractivity contribution in [3.8, 4) is 11.3 Å². The zero-order chi connectivity index (χ0) is 12.7. The first-order valence-corrected chi connectivity index (χ1v) is 5.86. The number of nitrogens with two attached hydrogens (primary N) is 1. The molecule has 0 atom stereocenters. The number of nitrogen functional groups attached to an aromatic ring is 1. The smallest absolute Gasteiger partial charge is 0.0702 e. The van der Waals surface area contributed by atoms with Gasteiger partial charge in [0.15, 0.2) is 0 Å². The number of anilines is 1. The molecule has 2 heteroatoms. The average molecular weight is 228 g/mol. The quantitative estimate of drug-likeness (QED) is 0.749. The highest BCUT2D eigenvalue weighted by molar-refractivity contribution is 5.63. The van der Waals surface area contributed by atoms with E-state index in [4.69, 9.17) is 5.73 Å². The number of rotatable bonds is 1. The Kier molecular flexibility index (Phi) is 5.21. The Balaban J connectivity index is 0.000000317. The van der Waals surface area contributed by atoms with Crippen LogP contribution >= 0.6 is 0 Å². The lowest BCUT2D eigenvalue weighted by atomic mass is 10.1. The Hall–Kier alpha value is -1.83. The molecule has 0 fully saturated rings. The second-order valence-electron chi connectivity index (χ2n) is 4.57. The number of nitrogens with zero attached hydrogens (tertiary/aromatic N) is 1. The summed E-state index contributed by atoms with van der Waals surface area (Å²) in [5.41, 5.74) is 8.44. The van der Waals surface area contributed by atoms with E-state index in [0.717, 1.165) is 22.9 Å². The first-order chi connectivity index (χ1) is 8.09. The van der Waals surface area contributed by atoms with E-state index in [0.29, 0.717) is 0 Å². The molecule has 0 amide bonds. The summed E-state index contributed by atoms with van der Waals surface area (Å²) in [6.07, 6.45) is 1.78. The molecule has 1 aromatic heterocycles. The second-order valence-corrected chi connectivity index (χ2v) is 4.57. The predicted molar refractivity (Wildman–Crippen MR) is 74.6 cm³/mol. The highest BCUT2D eigenvalue weighted by Gasteiger charge is 1.96. The Bertz CT molecular complexity index is 433. The van der Waals surface area contributed by atoms with E-state index in [2.05, 4.69) is 25.8 Å². The number of hydrogen-bond donors (Lipinski definition) is 1. The number of hydrogen-bond acceptors (Lipinski definition) is 2. The first kappa shape index (κ1) is 13.2. The van der Waals surface area contributed by atoms with Gasteiger partial charge in [0.1, 0.15) is 0 Å². The van der Waals surface area contributed by atoms with Crippen LogP contribution in [-0.2, 0) is 0 Å². The Morgan fingerprint density at radius 3 is 2.24 bits per heavy atom. The summed E-state index contributed by atoms with van der Waals surface area (Å²) in [6.45, 7) is 6.50. The third-order valence-electron chi connectivity index (χ3n) is 1.85. The molecule has 2 N–H and O–H groups in total. The molecule has 90 valence electrons. The van der Waals surface area contributed by atoms with E-state index in [1.807, 2.05) is 42.5 Å². The molecule has 1 heterocycles. The molecule has 2 rings (SSSR count). The van der Waals surface area contributed by atoms with Crippen molar-refractivity contribution >= 4 is 5.69 Å².